The zero-order chi connectivity index (χ0) is 11.4. The van der Waals surface area contributed by atoms with Gasteiger partial charge in [-0.2, -0.15) is 0 Å². The van der Waals surface area contributed by atoms with Gasteiger partial charge in [0.25, 0.3) is 0 Å². The van der Waals surface area contributed by atoms with Crippen LogP contribution in [0.25, 0.3) is 0 Å². The van der Waals surface area contributed by atoms with Crippen LogP contribution in [0.5, 0.6) is 0 Å². The lowest BCUT2D eigenvalue weighted by molar-refractivity contribution is 0.211. The quantitative estimate of drug-likeness (QED) is 0.789. The van der Waals surface area contributed by atoms with Crippen molar-refractivity contribution < 1.29 is 0 Å². The van der Waals surface area contributed by atoms with Crippen molar-refractivity contribution in [3.63, 3.8) is 0 Å². The van der Waals surface area contributed by atoms with Crippen molar-refractivity contribution in [2.45, 2.75) is 38.9 Å². The van der Waals surface area contributed by atoms with Gasteiger partial charge in [0.2, 0.25) is 0 Å². The van der Waals surface area contributed by atoms with Gasteiger partial charge in [-0.3, -0.25) is 4.90 Å². The Labute approximate surface area is 96.8 Å². The summed E-state index contributed by atoms with van der Waals surface area (Å²) in [5, 5.41) is 11.3. The van der Waals surface area contributed by atoms with Gasteiger partial charge in [0.15, 0.2) is 0 Å². The highest BCUT2D eigenvalue weighted by atomic mass is 15.3. The van der Waals surface area contributed by atoms with Gasteiger partial charge < -0.3 is 9.88 Å². The maximum atomic E-state index is 4.13. The Hall–Kier alpha value is -0.940. The van der Waals surface area contributed by atoms with Crippen LogP contribution in [0.4, 0.5) is 0 Å². The van der Waals surface area contributed by atoms with Gasteiger partial charge in [0, 0.05) is 19.1 Å². The molecule has 0 saturated heterocycles. The number of rotatable bonds is 5. The standard InChI is InChI=1S/C11H21N5/c1-10(12-2)4-3-5-15-6-7-16-9-13-14-11(16)8-15/h9-10,12H,3-8H2,1-2H3. The summed E-state index contributed by atoms with van der Waals surface area (Å²) in [6.07, 6.45) is 4.31. The molecule has 0 spiro atoms. The first-order valence-corrected chi connectivity index (χ1v) is 6.06. The lowest BCUT2D eigenvalue weighted by Gasteiger charge is -2.27. The SMILES string of the molecule is CNC(C)CCCN1CCn2cnnc2C1. The Morgan fingerprint density at radius 2 is 2.38 bits per heavy atom. The minimum absolute atomic E-state index is 0.619. The van der Waals surface area contributed by atoms with Gasteiger partial charge in [-0.25, -0.2) is 0 Å². The van der Waals surface area contributed by atoms with E-state index < -0.39 is 0 Å². The van der Waals surface area contributed by atoms with Crippen LogP contribution in [0.1, 0.15) is 25.6 Å². The second-order valence-corrected chi connectivity index (χ2v) is 4.55. The van der Waals surface area contributed by atoms with Crippen molar-refractivity contribution in [1.29, 1.82) is 0 Å². The summed E-state index contributed by atoms with van der Waals surface area (Å²) in [5.74, 6) is 1.10. The lowest BCUT2D eigenvalue weighted by Crippen LogP contribution is -2.35. The van der Waals surface area contributed by atoms with E-state index in [-0.39, 0.29) is 0 Å². The van der Waals surface area contributed by atoms with Gasteiger partial charge in [-0.05, 0) is 33.4 Å². The van der Waals surface area contributed by atoms with Crippen molar-refractivity contribution in [2.75, 3.05) is 20.1 Å². The van der Waals surface area contributed by atoms with Crippen LogP contribution < -0.4 is 5.32 Å². The first kappa shape index (κ1) is 11.5. The molecule has 0 fully saturated rings. The number of fused-ring (bicyclic) bond motifs is 1. The molecule has 1 unspecified atom stereocenters. The molecule has 1 N–H and O–H groups in total. The number of nitrogens with one attached hydrogen (secondary N) is 1. The summed E-state index contributed by atoms with van der Waals surface area (Å²) < 4.78 is 2.15. The van der Waals surface area contributed by atoms with E-state index in [2.05, 4.69) is 31.9 Å². The monoisotopic (exact) mass is 223 g/mol. The molecule has 0 saturated carbocycles. The third-order valence-corrected chi connectivity index (χ3v) is 3.32. The molecule has 0 aromatic carbocycles. The Kier molecular flexibility index (Phi) is 3.90. The average molecular weight is 223 g/mol. The molecule has 16 heavy (non-hydrogen) atoms. The van der Waals surface area contributed by atoms with E-state index in [9.17, 15) is 0 Å². The van der Waals surface area contributed by atoms with Gasteiger partial charge in [-0.1, -0.05) is 0 Å². The third-order valence-electron chi connectivity index (χ3n) is 3.32. The van der Waals surface area contributed by atoms with Crippen molar-refractivity contribution in [1.82, 2.24) is 25.0 Å². The van der Waals surface area contributed by atoms with Crippen LogP contribution in [0.15, 0.2) is 6.33 Å². The molecular formula is C11H21N5. The van der Waals surface area contributed by atoms with Crippen LogP contribution in [0, 0.1) is 0 Å². The van der Waals surface area contributed by atoms with Crippen molar-refractivity contribution >= 4 is 0 Å². The van der Waals surface area contributed by atoms with Gasteiger partial charge in [-0.15, -0.1) is 10.2 Å². The summed E-state index contributed by atoms with van der Waals surface area (Å²) in [7, 11) is 2.02. The molecule has 2 rings (SSSR count). The number of aromatic nitrogens is 3. The van der Waals surface area contributed by atoms with Crippen LogP contribution in [0.2, 0.25) is 0 Å². The molecule has 0 aliphatic carbocycles. The summed E-state index contributed by atoms with van der Waals surface area (Å²) in [6.45, 7) is 6.50. The molecule has 0 amide bonds. The molecule has 2 heterocycles. The van der Waals surface area contributed by atoms with E-state index in [1.807, 2.05) is 13.4 Å². The number of hydrogen-bond acceptors (Lipinski definition) is 4. The van der Waals surface area contributed by atoms with Crippen LogP contribution in [0.3, 0.4) is 0 Å². The predicted molar refractivity (Wildman–Crippen MR) is 63.1 cm³/mol. The Bertz CT molecular complexity index is 322. The van der Waals surface area contributed by atoms with E-state index in [1.54, 1.807) is 0 Å². The van der Waals surface area contributed by atoms with E-state index in [0.717, 1.165) is 25.5 Å². The molecule has 1 aromatic rings. The molecule has 5 nitrogen and oxygen atoms in total. The highest BCUT2D eigenvalue weighted by molar-refractivity contribution is 4.89. The molecular weight excluding hydrogens is 202 g/mol. The predicted octanol–water partition coefficient (Wildman–Crippen LogP) is 0.482. The van der Waals surface area contributed by atoms with E-state index in [0.29, 0.717) is 6.04 Å². The van der Waals surface area contributed by atoms with Crippen LogP contribution in [-0.4, -0.2) is 45.8 Å². The van der Waals surface area contributed by atoms with Crippen LogP contribution >= 0.6 is 0 Å². The zero-order valence-corrected chi connectivity index (χ0v) is 10.2. The van der Waals surface area contributed by atoms with Crippen molar-refractivity contribution in [3.8, 4) is 0 Å². The smallest absolute Gasteiger partial charge is 0.147 e. The summed E-state index contributed by atoms with van der Waals surface area (Å²) in [6, 6.07) is 0.619. The minimum Gasteiger partial charge on any atom is -0.317 e. The van der Waals surface area contributed by atoms with E-state index >= 15 is 0 Å². The van der Waals surface area contributed by atoms with Crippen LogP contribution in [-0.2, 0) is 13.1 Å². The fourth-order valence-corrected chi connectivity index (χ4v) is 2.07. The van der Waals surface area contributed by atoms with Gasteiger partial charge in [0.05, 0.1) is 6.54 Å². The topological polar surface area (TPSA) is 46.0 Å². The summed E-state index contributed by atoms with van der Waals surface area (Å²) >= 11 is 0. The zero-order valence-electron chi connectivity index (χ0n) is 10.2. The molecule has 0 radical (unpaired) electrons. The highest BCUT2D eigenvalue weighted by Crippen LogP contribution is 2.10. The fraction of sp³-hybridized carbons (Fsp3) is 0.818. The Balaban J connectivity index is 1.73. The molecule has 0 bridgehead atoms. The Morgan fingerprint density at radius 3 is 3.19 bits per heavy atom. The normalized spacial score (nSPS) is 18.4. The number of hydrogen-bond donors (Lipinski definition) is 1. The molecule has 1 aromatic heterocycles. The van der Waals surface area contributed by atoms with E-state index in [4.69, 9.17) is 0 Å². The summed E-state index contributed by atoms with van der Waals surface area (Å²) in [4.78, 5) is 2.46. The lowest BCUT2D eigenvalue weighted by atomic mass is 10.2. The van der Waals surface area contributed by atoms with Gasteiger partial charge >= 0.3 is 0 Å². The second kappa shape index (κ2) is 5.41. The van der Waals surface area contributed by atoms with Gasteiger partial charge in [0.1, 0.15) is 12.2 Å². The van der Waals surface area contributed by atoms with Crippen molar-refractivity contribution in [3.05, 3.63) is 12.2 Å². The Morgan fingerprint density at radius 1 is 1.50 bits per heavy atom. The molecule has 5 heteroatoms. The third kappa shape index (κ3) is 2.80. The second-order valence-electron chi connectivity index (χ2n) is 4.55. The molecule has 1 aliphatic rings. The minimum atomic E-state index is 0.619. The molecule has 1 atom stereocenters. The van der Waals surface area contributed by atoms with E-state index in [1.165, 1.54) is 19.4 Å². The first-order valence-electron chi connectivity index (χ1n) is 6.06. The molecule has 1 aliphatic heterocycles. The average Bonchev–Trinajstić information content (AvgIpc) is 2.76. The maximum absolute atomic E-state index is 4.13. The number of nitrogens with zero attached hydrogens (tertiary/aromatic N) is 4. The molecule has 90 valence electrons. The summed E-state index contributed by atoms with van der Waals surface area (Å²) in [5.41, 5.74) is 0. The maximum Gasteiger partial charge on any atom is 0.147 e. The van der Waals surface area contributed by atoms with Crippen molar-refractivity contribution in [2.24, 2.45) is 0 Å². The first-order chi connectivity index (χ1) is 7.79. The largest absolute Gasteiger partial charge is 0.317 e. The highest BCUT2D eigenvalue weighted by Gasteiger charge is 2.16. The fourth-order valence-electron chi connectivity index (χ4n) is 2.07.